The Bertz CT molecular complexity index is 444. The van der Waals surface area contributed by atoms with E-state index in [4.69, 9.17) is 0 Å². The molecule has 2 nitrogen and oxygen atoms in total. The highest BCUT2D eigenvalue weighted by molar-refractivity contribution is 9.10. The Balaban J connectivity index is 2.38. The van der Waals surface area contributed by atoms with Gasteiger partial charge in [0.05, 0.1) is 0 Å². The summed E-state index contributed by atoms with van der Waals surface area (Å²) < 4.78 is 37.6. The van der Waals surface area contributed by atoms with Crippen molar-refractivity contribution in [3.63, 3.8) is 0 Å². The molecule has 86 valence electrons. The van der Waals surface area contributed by atoms with Crippen LogP contribution in [0.15, 0.2) is 22.7 Å². The highest BCUT2D eigenvalue weighted by Gasteiger charge is 2.44. The second-order valence-electron chi connectivity index (χ2n) is 3.44. The molecule has 0 unspecified atom stereocenters. The van der Waals surface area contributed by atoms with E-state index in [1.807, 2.05) is 0 Å². The number of hydrogen-bond acceptors (Lipinski definition) is 1. The van der Waals surface area contributed by atoms with Crippen molar-refractivity contribution in [1.82, 2.24) is 0 Å². The molecule has 1 aliphatic heterocycles. The molecule has 0 aromatic heterocycles. The zero-order chi connectivity index (χ0) is 11.9. The molecular weight excluding hydrogens is 287 g/mol. The van der Waals surface area contributed by atoms with Gasteiger partial charge in [-0.2, -0.15) is 13.2 Å². The van der Waals surface area contributed by atoms with Crippen molar-refractivity contribution >= 4 is 27.5 Å². The smallest absolute Gasteiger partial charge is 0.304 e. The van der Waals surface area contributed by atoms with Gasteiger partial charge in [-0.1, -0.05) is 22.0 Å². The summed E-state index contributed by atoms with van der Waals surface area (Å²) in [5, 5.41) is 0. The summed E-state index contributed by atoms with van der Waals surface area (Å²) in [6, 6.07) is 4.89. The third kappa shape index (κ3) is 1.81. The van der Waals surface area contributed by atoms with Crippen molar-refractivity contribution in [3.05, 3.63) is 28.2 Å². The standard InChI is InChI=1S/C10H7BrF3NO/c11-7-2-1-3-8-6(7)4-5-15(8)9(16)10(12,13)14/h1-3H,4-5H2. The lowest BCUT2D eigenvalue weighted by molar-refractivity contribution is -0.170. The van der Waals surface area contributed by atoms with Gasteiger partial charge in [-0.25, -0.2) is 0 Å². The van der Waals surface area contributed by atoms with E-state index in [-0.39, 0.29) is 6.54 Å². The maximum Gasteiger partial charge on any atom is 0.471 e. The zero-order valence-electron chi connectivity index (χ0n) is 8.01. The Hall–Kier alpha value is -1.04. The summed E-state index contributed by atoms with van der Waals surface area (Å²) >= 11 is 3.26. The third-order valence-electron chi connectivity index (χ3n) is 2.46. The van der Waals surface area contributed by atoms with E-state index < -0.39 is 12.1 Å². The lowest BCUT2D eigenvalue weighted by Crippen LogP contribution is -2.40. The molecule has 1 aliphatic rings. The first-order chi connectivity index (χ1) is 7.41. The minimum absolute atomic E-state index is 0.0797. The fourth-order valence-corrected chi connectivity index (χ4v) is 2.31. The average Bonchev–Trinajstić information content (AvgIpc) is 2.60. The Morgan fingerprint density at radius 1 is 1.38 bits per heavy atom. The molecule has 0 fully saturated rings. The molecule has 16 heavy (non-hydrogen) atoms. The Kier molecular flexibility index (Phi) is 2.69. The Morgan fingerprint density at radius 2 is 2.06 bits per heavy atom. The predicted molar refractivity (Wildman–Crippen MR) is 56.3 cm³/mol. The number of anilines is 1. The third-order valence-corrected chi connectivity index (χ3v) is 3.20. The van der Waals surface area contributed by atoms with E-state index in [0.29, 0.717) is 12.1 Å². The maximum absolute atomic E-state index is 12.3. The number of halogens is 4. The van der Waals surface area contributed by atoms with E-state index >= 15 is 0 Å². The van der Waals surface area contributed by atoms with E-state index in [1.165, 1.54) is 6.07 Å². The molecule has 0 saturated heterocycles. The molecule has 1 aromatic carbocycles. The molecule has 0 spiro atoms. The largest absolute Gasteiger partial charge is 0.471 e. The number of fused-ring (bicyclic) bond motifs is 1. The van der Waals surface area contributed by atoms with Gasteiger partial charge in [-0.15, -0.1) is 0 Å². The first-order valence-corrected chi connectivity index (χ1v) is 5.36. The van der Waals surface area contributed by atoms with Crippen molar-refractivity contribution < 1.29 is 18.0 Å². The fraction of sp³-hybridized carbons (Fsp3) is 0.300. The molecule has 1 aromatic rings. The quantitative estimate of drug-likeness (QED) is 0.720. The number of hydrogen-bond donors (Lipinski definition) is 0. The van der Waals surface area contributed by atoms with Gasteiger partial charge >= 0.3 is 12.1 Å². The van der Waals surface area contributed by atoms with Crippen molar-refractivity contribution in [1.29, 1.82) is 0 Å². The summed E-state index contributed by atoms with van der Waals surface area (Å²) in [5.41, 5.74) is 1.09. The first-order valence-electron chi connectivity index (χ1n) is 4.57. The molecule has 1 amide bonds. The first kappa shape index (κ1) is 11.4. The topological polar surface area (TPSA) is 20.3 Å². The second kappa shape index (κ2) is 3.76. The van der Waals surface area contributed by atoms with Crippen LogP contribution in [0.5, 0.6) is 0 Å². The van der Waals surface area contributed by atoms with Gasteiger partial charge < -0.3 is 4.90 Å². The number of carbonyl (C=O) groups is 1. The normalized spacial score (nSPS) is 15.1. The molecule has 0 bridgehead atoms. The molecular formula is C10H7BrF3NO. The Morgan fingerprint density at radius 3 is 2.69 bits per heavy atom. The molecule has 0 atom stereocenters. The van der Waals surface area contributed by atoms with Crippen LogP contribution in [0.3, 0.4) is 0 Å². The van der Waals surface area contributed by atoms with Crippen molar-refractivity contribution in [2.45, 2.75) is 12.6 Å². The summed E-state index contributed by atoms with van der Waals surface area (Å²) in [6.07, 6.45) is -4.37. The molecule has 0 radical (unpaired) electrons. The summed E-state index contributed by atoms with van der Waals surface area (Å²) in [4.78, 5) is 11.9. The van der Waals surface area contributed by atoms with Crippen LogP contribution in [0.2, 0.25) is 0 Å². The summed E-state index contributed by atoms with van der Waals surface area (Å²) in [6.45, 7) is 0.0797. The number of carbonyl (C=O) groups excluding carboxylic acids is 1. The van der Waals surface area contributed by atoms with E-state index in [2.05, 4.69) is 15.9 Å². The number of nitrogens with zero attached hydrogens (tertiary/aromatic N) is 1. The average molecular weight is 294 g/mol. The molecule has 6 heteroatoms. The summed E-state index contributed by atoms with van der Waals surface area (Å²) in [7, 11) is 0. The minimum Gasteiger partial charge on any atom is -0.304 e. The SMILES string of the molecule is O=C(N1CCc2c(Br)cccc21)C(F)(F)F. The lowest BCUT2D eigenvalue weighted by Gasteiger charge is -2.18. The summed E-state index contributed by atoms with van der Waals surface area (Å²) in [5.74, 6) is -1.80. The minimum atomic E-state index is -4.82. The number of alkyl halides is 3. The zero-order valence-corrected chi connectivity index (χ0v) is 9.60. The fourth-order valence-electron chi connectivity index (χ4n) is 1.76. The molecule has 0 saturated carbocycles. The monoisotopic (exact) mass is 293 g/mol. The van der Waals surface area contributed by atoms with Crippen LogP contribution in [0, 0.1) is 0 Å². The second-order valence-corrected chi connectivity index (χ2v) is 4.30. The number of amides is 1. The van der Waals surface area contributed by atoms with Gasteiger partial charge in [0, 0.05) is 16.7 Å². The van der Waals surface area contributed by atoms with Crippen LogP contribution >= 0.6 is 15.9 Å². The van der Waals surface area contributed by atoms with Gasteiger partial charge in [0.15, 0.2) is 0 Å². The predicted octanol–water partition coefficient (Wildman–Crippen LogP) is 2.90. The number of rotatable bonds is 0. The number of benzene rings is 1. The van der Waals surface area contributed by atoms with Crippen molar-refractivity contribution in [2.75, 3.05) is 11.4 Å². The maximum atomic E-state index is 12.3. The Labute approximate surface area is 98.2 Å². The van der Waals surface area contributed by atoms with Crippen LogP contribution in [0.1, 0.15) is 5.56 Å². The van der Waals surface area contributed by atoms with E-state index in [0.717, 1.165) is 14.9 Å². The van der Waals surface area contributed by atoms with Crippen LogP contribution in [-0.2, 0) is 11.2 Å². The molecule has 2 rings (SSSR count). The van der Waals surface area contributed by atoms with Crippen LogP contribution < -0.4 is 4.90 Å². The van der Waals surface area contributed by atoms with Crippen molar-refractivity contribution in [2.24, 2.45) is 0 Å². The van der Waals surface area contributed by atoms with E-state index in [9.17, 15) is 18.0 Å². The van der Waals surface area contributed by atoms with Gasteiger partial charge in [-0.05, 0) is 24.1 Å². The highest BCUT2D eigenvalue weighted by atomic mass is 79.9. The van der Waals surface area contributed by atoms with Gasteiger partial charge in [-0.3, -0.25) is 4.79 Å². The van der Waals surface area contributed by atoms with Crippen LogP contribution in [0.25, 0.3) is 0 Å². The lowest BCUT2D eigenvalue weighted by atomic mass is 10.2. The molecule has 0 aliphatic carbocycles. The van der Waals surface area contributed by atoms with E-state index in [1.54, 1.807) is 12.1 Å². The van der Waals surface area contributed by atoms with Gasteiger partial charge in [0.1, 0.15) is 0 Å². The van der Waals surface area contributed by atoms with Crippen LogP contribution in [0.4, 0.5) is 18.9 Å². The van der Waals surface area contributed by atoms with Gasteiger partial charge in [0.25, 0.3) is 0 Å². The molecule has 0 N–H and O–H groups in total. The van der Waals surface area contributed by atoms with Crippen LogP contribution in [-0.4, -0.2) is 18.6 Å². The molecule has 1 heterocycles. The van der Waals surface area contributed by atoms with Gasteiger partial charge in [0.2, 0.25) is 0 Å². The van der Waals surface area contributed by atoms with Crippen molar-refractivity contribution in [3.8, 4) is 0 Å². The highest BCUT2D eigenvalue weighted by Crippen LogP contribution is 2.35.